The number of aliphatic hydroxyl groups excluding tert-OH is 1. The Morgan fingerprint density at radius 1 is 1.29 bits per heavy atom. The predicted octanol–water partition coefficient (Wildman–Crippen LogP) is 2.25. The van der Waals surface area contributed by atoms with Crippen LogP contribution in [0.25, 0.3) is 0 Å². The van der Waals surface area contributed by atoms with Crippen LogP contribution in [0.4, 0.5) is 0 Å². The van der Waals surface area contributed by atoms with Crippen molar-refractivity contribution >= 4 is 5.97 Å². The van der Waals surface area contributed by atoms with Crippen LogP contribution in [0.15, 0.2) is 36.5 Å². The van der Waals surface area contributed by atoms with Crippen LogP contribution in [-0.4, -0.2) is 23.2 Å². The minimum absolute atomic E-state index is 0.114. The van der Waals surface area contributed by atoms with Gasteiger partial charge in [0.05, 0.1) is 13.7 Å². The summed E-state index contributed by atoms with van der Waals surface area (Å²) in [6.07, 6.45) is 1.46. The Morgan fingerprint density at radius 3 is 2.62 bits per heavy atom. The van der Waals surface area contributed by atoms with Gasteiger partial charge in [0, 0.05) is 17.3 Å². The molecule has 1 aromatic carbocycles. The number of esters is 1. The maximum atomic E-state index is 11.8. The Bertz CT molecular complexity index is 626. The zero-order valence-corrected chi connectivity index (χ0v) is 12.0. The maximum absolute atomic E-state index is 11.8. The number of methoxy groups -OCH3 is 1. The highest BCUT2D eigenvalue weighted by molar-refractivity contribution is 5.90. The largest absolute Gasteiger partial charge is 0.486 e. The first-order valence-corrected chi connectivity index (χ1v) is 6.51. The number of pyridine rings is 1. The fourth-order valence-corrected chi connectivity index (χ4v) is 1.93. The van der Waals surface area contributed by atoms with E-state index in [4.69, 9.17) is 9.47 Å². The smallest absolute Gasteiger partial charge is 0.360 e. The third-order valence-corrected chi connectivity index (χ3v) is 3.16. The molecule has 0 unspecified atom stereocenters. The summed E-state index contributed by atoms with van der Waals surface area (Å²) in [4.78, 5) is 15.8. The predicted molar refractivity (Wildman–Crippen MR) is 77.0 cm³/mol. The molecule has 2 rings (SSSR count). The lowest BCUT2D eigenvalue weighted by Gasteiger charge is -2.14. The van der Waals surface area contributed by atoms with Gasteiger partial charge in [0.2, 0.25) is 0 Å². The van der Waals surface area contributed by atoms with Gasteiger partial charge in [0.1, 0.15) is 6.61 Å². The summed E-state index contributed by atoms with van der Waals surface area (Å²) >= 11 is 0. The molecular weight excluding hydrogens is 270 g/mol. The highest BCUT2D eigenvalue weighted by Gasteiger charge is 2.19. The van der Waals surface area contributed by atoms with Crippen molar-refractivity contribution < 1.29 is 19.4 Å². The SMILES string of the molecule is COC(=O)c1ncc(CO)c(C)c1OCc1ccccc1. The molecule has 0 aliphatic carbocycles. The number of benzene rings is 1. The normalized spacial score (nSPS) is 10.2. The molecule has 21 heavy (non-hydrogen) atoms. The lowest BCUT2D eigenvalue weighted by atomic mass is 10.1. The standard InChI is InChI=1S/C16H17NO4/c1-11-13(9-18)8-17-14(16(19)20-2)15(11)21-10-12-6-4-3-5-7-12/h3-8,18H,9-10H2,1-2H3. The average Bonchev–Trinajstić information content (AvgIpc) is 2.53. The second kappa shape index (κ2) is 6.85. The van der Waals surface area contributed by atoms with Gasteiger partial charge in [-0.1, -0.05) is 30.3 Å². The number of aromatic nitrogens is 1. The summed E-state index contributed by atoms with van der Waals surface area (Å²) in [7, 11) is 1.29. The molecule has 1 N–H and O–H groups in total. The lowest BCUT2D eigenvalue weighted by molar-refractivity contribution is 0.0587. The fourth-order valence-electron chi connectivity index (χ4n) is 1.93. The van der Waals surface area contributed by atoms with E-state index in [2.05, 4.69) is 4.98 Å². The molecule has 110 valence electrons. The number of hydrogen-bond acceptors (Lipinski definition) is 5. The van der Waals surface area contributed by atoms with Crippen molar-refractivity contribution in [3.8, 4) is 5.75 Å². The highest BCUT2D eigenvalue weighted by atomic mass is 16.5. The second-order valence-corrected chi connectivity index (χ2v) is 4.51. The van der Waals surface area contributed by atoms with Gasteiger partial charge in [0.15, 0.2) is 11.4 Å². The third kappa shape index (κ3) is 3.38. The van der Waals surface area contributed by atoms with E-state index in [1.165, 1.54) is 13.3 Å². The Hall–Kier alpha value is -2.40. The average molecular weight is 287 g/mol. The van der Waals surface area contributed by atoms with Crippen LogP contribution in [0, 0.1) is 6.92 Å². The molecule has 1 aromatic heterocycles. The summed E-state index contributed by atoms with van der Waals surface area (Å²) in [6.45, 7) is 1.92. The van der Waals surface area contributed by atoms with Crippen LogP contribution >= 0.6 is 0 Å². The van der Waals surface area contributed by atoms with Gasteiger partial charge in [-0.05, 0) is 12.5 Å². The van der Waals surface area contributed by atoms with Gasteiger partial charge in [0.25, 0.3) is 0 Å². The summed E-state index contributed by atoms with van der Waals surface area (Å²) in [5.74, 6) is -0.220. The molecule has 0 radical (unpaired) electrons. The molecule has 0 bridgehead atoms. The third-order valence-electron chi connectivity index (χ3n) is 3.16. The Labute approximate surface area is 123 Å². The molecule has 5 nitrogen and oxygen atoms in total. The molecule has 0 fully saturated rings. The van der Waals surface area contributed by atoms with Crippen molar-refractivity contribution in [2.75, 3.05) is 7.11 Å². The van der Waals surface area contributed by atoms with E-state index >= 15 is 0 Å². The molecule has 1 heterocycles. The number of carbonyl (C=O) groups is 1. The van der Waals surface area contributed by atoms with E-state index in [1.807, 2.05) is 30.3 Å². The van der Waals surface area contributed by atoms with Crippen LogP contribution in [0.5, 0.6) is 5.75 Å². The van der Waals surface area contributed by atoms with Gasteiger partial charge < -0.3 is 14.6 Å². The molecule has 0 amide bonds. The number of ether oxygens (including phenoxy) is 2. The molecule has 5 heteroatoms. The van der Waals surface area contributed by atoms with Crippen molar-refractivity contribution in [3.63, 3.8) is 0 Å². The zero-order chi connectivity index (χ0) is 15.2. The van der Waals surface area contributed by atoms with E-state index in [0.29, 0.717) is 23.5 Å². The van der Waals surface area contributed by atoms with E-state index < -0.39 is 5.97 Å². The van der Waals surface area contributed by atoms with Gasteiger partial charge >= 0.3 is 5.97 Å². The minimum atomic E-state index is -0.564. The summed E-state index contributed by atoms with van der Waals surface area (Å²) in [5.41, 5.74) is 2.39. The molecule has 0 saturated carbocycles. The Balaban J connectivity index is 2.32. The van der Waals surface area contributed by atoms with Crippen LogP contribution < -0.4 is 4.74 Å². The molecule has 0 saturated heterocycles. The van der Waals surface area contributed by atoms with Crippen LogP contribution in [0.1, 0.15) is 27.2 Å². The van der Waals surface area contributed by atoms with E-state index in [9.17, 15) is 9.90 Å². The number of aliphatic hydroxyl groups is 1. The second-order valence-electron chi connectivity index (χ2n) is 4.51. The van der Waals surface area contributed by atoms with Crippen molar-refractivity contribution in [2.24, 2.45) is 0 Å². The van der Waals surface area contributed by atoms with Gasteiger partial charge in [-0.25, -0.2) is 9.78 Å². The Kier molecular flexibility index (Phi) is 4.90. The fraction of sp³-hybridized carbons (Fsp3) is 0.250. The first-order valence-electron chi connectivity index (χ1n) is 6.51. The van der Waals surface area contributed by atoms with Crippen molar-refractivity contribution in [2.45, 2.75) is 20.1 Å². The topological polar surface area (TPSA) is 68.7 Å². The molecule has 2 aromatic rings. The van der Waals surface area contributed by atoms with Crippen molar-refractivity contribution in [1.82, 2.24) is 4.98 Å². The summed E-state index contributed by atoms with van der Waals surface area (Å²) in [6, 6.07) is 9.60. The van der Waals surface area contributed by atoms with Crippen LogP contribution in [0.2, 0.25) is 0 Å². The van der Waals surface area contributed by atoms with Crippen molar-refractivity contribution in [1.29, 1.82) is 0 Å². The van der Waals surface area contributed by atoms with Crippen LogP contribution in [0.3, 0.4) is 0 Å². The quantitative estimate of drug-likeness (QED) is 0.854. The summed E-state index contributed by atoms with van der Waals surface area (Å²) < 4.78 is 10.5. The van der Waals surface area contributed by atoms with Gasteiger partial charge in [-0.15, -0.1) is 0 Å². The van der Waals surface area contributed by atoms with E-state index in [1.54, 1.807) is 6.92 Å². The Morgan fingerprint density at radius 2 is 2.00 bits per heavy atom. The lowest BCUT2D eigenvalue weighted by Crippen LogP contribution is -2.11. The molecule has 0 aliphatic rings. The van der Waals surface area contributed by atoms with Crippen molar-refractivity contribution in [3.05, 3.63) is 58.9 Å². The number of nitrogens with zero attached hydrogens (tertiary/aromatic N) is 1. The number of rotatable bonds is 5. The molecule has 0 atom stereocenters. The zero-order valence-electron chi connectivity index (χ0n) is 12.0. The maximum Gasteiger partial charge on any atom is 0.360 e. The van der Waals surface area contributed by atoms with Gasteiger partial charge in [-0.3, -0.25) is 0 Å². The number of carbonyl (C=O) groups excluding carboxylic acids is 1. The highest BCUT2D eigenvalue weighted by Crippen LogP contribution is 2.26. The number of hydrogen-bond donors (Lipinski definition) is 1. The summed E-state index contributed by atoms with van der Waals surface area (Å²) in [5, 5.41) is 9.30. The van der Waals surface area contributed by atoms with Crippen LogP contribution in [-0.2, 0) is 18.0 Å². The first-order chi connectivity index (χ1) is 10.2. The minimum Gasteiger partial charge on any atom is -0.486 e. The molecule has 0 spiro atoms. The molecular formula is C16H17NO4. The molecule has 0 aliphatic heterocycles. The van der Waals surface area contributed by atoms with Gasteiger partial charge in [-0.2, -0.15) is 0 Å². The van der Waals surface area contributed by atoms with E-state index in [-0.39, 0.29) is 12.3 Å². The van der Waals surface area contributed by atoms with E-state index in [0.717, 1.165) is 5.56 Å². The monoisotopic (exact) mass is 287 g/mol. The first kappa shape index (κ1) is 15.0.